The average Bonchev–Trinajstić information content (AvgIpc) is 2.46. The molecule has 18 heavy (non-hydrogen) atoms. The third-order valence-electron chi connectivity index (χ3n) is 2.58. The minimum absolute atomic E-state index is 0.183. The van der Waals surface area contributed by atoms with E-state index in [4.69, 9.17) is 16.3 Å². The first-order valence-electron chi connectivity index (χ1n) is 5.82. The first-order valence-corrected chi connectivity index (χ1v) is 6.35. The van der Waals surface area contributed by atoms with Crippen LogP contribution in [0.15, 0.2) is 54.6 Å². The molecule has 0 fully saturated rings. The number of alkyl halides is 1. The van der Waals surface area contributed by atoms with Crippen LogP contribution in [-0.2, 0) is 0 Å². The van der Waals surface area contributed by atoms with E-state index in [1.54, 1.807) is 0 Å². The molecule has 0 aliphatic heterocycles. The Labute approximate surface area is 112 Å². The molecule has 0 saturated heterocycles. The summed E-state index contributed by atoms with van der Waals surface area (Å²) in [6, 6.07) is 17.9. The number of hydrogen-bond donors (Lipinski definition) is 1. The summed E-state index contributed by atoms with van der Waals surface area (Å²) < 4.78 is 5.42. The summed E-state index contributed by atoms with van der Waals surface area (Å²) in [5.74, 6) is 0.918. The Morgan fingerprint density at radius 3 is 2.17 bits per heavy atom. The number of rotatable bonds is 5. The molecule has 0 heterocycles. The van der Waals surface area contributed by atoms with E-state index >= 15 is 0 Å². The van der Waals surface area contributed by atoms with Crippen molar-refractivity contribution in [2.45, 2.75) is 6.10 Å². The lowest BCUT2D eigenvalue weighted by Gasteiger charge is -2.10. The van der Waals surface area contributed by atoms with E-state index in [0.717, 1.165) is 11.3 Å². The SMILES string of the molecule is OC(CCl)COc1ccc(-c2ccccc2)cc1. The van der Waals surface area contributed by atoms with Gasteiger partial charge in [-0.05, 0) is 23.3 Å². The summed E-state index contributed by atoms with van der Waals surface area (Å²) in [6.07, 6.45) is -0.625. The van der Waals surface area contributed by atoms with Crippen LogP contribution >= 0.6 is 11.6 Å². The minimum atomic E-state index is -0.625. The lowest BCUT2D eigenvalue weighted by atomic mass is 10.1. The zero-order valence-corrected chi connectivity index (χ0v) is 10.7. The van der Waals surface area contributed by atoms with Gasteiger partial charge in [0.2, 0.25) is 0 Å². The standard InChI is InChI=1S/C15H15ClO2/c16-10-14(17)11-18-15-8-6-13(7-9-15)12-4-2-1-3-5-12/h1-9,14,17H,10-11H2. The van der Waals surface area contributed by atoms with Gasteiger partial charge in [-0.15, -0.1) is 11.6 Å². The van der Waals surface area contributed by atoms with Crippen molar-refractivity contribution in [1.82, 2.24) is 0 Å². The molecular formula is C15H15ClO2. The Hall–Kier alpha value is -1.51. The number of halogens is 1. The van der Waals surface area contributed by atoms with Gasteiger partial charge >= 0.3 is 0 Å². The molecule has 0 radical (unpaired) electrons. The largest absolute Gasteiger partial charge is 0.491 e. The van der Waals surface area contributed by atoms with E-state index in [1.807, 2.05) is 42.5 Å². The van der Waals surface area contributed by atoms with Gasteiger partial charge in [-0.2, -0.15) is 0 Å². The van der Waals surface area contributed by atoms with Gasteiger partial charge in [0.05, 0.1) is 5.88 Å². The van der Waals surface area contributed by atoms with Crippen LogP contribution in [0.25, 0.3) is 11.1 Å². The van der Waals surface area contributed by atoms with Crippen LogP contribution in [0.3, 0.4) is 0 Å². The predicted octanol–water partition coefficient (Wildman–Crippen LogP) is 3.33. The molecule has 2 aromatic carbocycles. The number of hydrogen-bond acceptors (Lipinski definition) is 2. The summed E-state index contributed by atoms with van der Waals surface area (Å²) in [5, 5.41) is 9.29. The molecule has 3 heteroatoms. The first kappa shape index (κ1) is 12.9. The molecule has 1 unspecified atom stereocenters. The van der Waals surface area contributed by atoms with E-state index in [-0.39, 0.29) is 12.5 Å². The normalized spacial score (nSPS) is 12.1. The second-order valence-electron chi connectivity index (χ2n) is 4.01. The second kappa shape index (κ2) is 6.43. The Morgan fingerprint density at radius 2 is 1.56 bits per heavy atom. The Bertz CT molecular complexity index is 468. The zero-order valence-electron chi connectivity index (χ0n) is 9.92. The highest BCUT2D eigenvalue weighted by molar-refractivity contribution is 6.18. The third-order valence-corrected chi connectivity index (χ3v) is 2.94. The molecule has 1 atom stereocenters. The fourth-order valence-corrected chi connectivity index (χ4v) is 1.70. The molecule has 0 spiro atoms. The highest BCUT2D eigenvalue weighted by Gasteiger charge is 2.03. The highest BCUT2D eigenvalue weighted by Crippen LogP contribution is 2.22. The van der Waals surface area contributed by atoms with Crippen LogP contribution in [-0.4, -0.2) is 23.7 Å². The van der Waals surface area contributed by atoms with Crippen molar-refractivity contribution in [2.24, 2.45) is 0 Å². The van der Waals surface area contributed by atoms with E-state index in [1.165, 1.54) is 5.56 Å². The molecule has 94 valence electrons. The van der Waals surface area contributed by atoms with E-state index in [0.29, 0.717) is 0 Å². The van der Waals surface area contributed by atoms with Gasteiger partial charge in [0.15, 0.2) is 0 Å². The minimum Gasteiger partial charge on any atom is -0.491 e. The number of aliphatic hydroxyl groups excluding tert-OH is 1. The predicted molar refractivity (Wildman–Crippen MR) is 74.1 cm³/mol. The molecule has 0 aliphatic carbocycles. The van der Waals surface area contributed by atoms with Gasteiger partial charge in [0.25, 0.3) is 0 Å². The maximum Gasteiger partial charge on any atom is 0.119 e. The molecule has 1 N–H and O–H groups in total. The van der Waals surface area contributed by atoms with Gasteiger partial charge in [0, 0.05) is 0 Å². The van der Waals surface area contributed by atoms with Crippen LogP contribution in [0.1, 0.15) is 0 Å². The number of ether oxygens (including phenoxy) is 1. The lowest BCUT2D eigenvalue weighted by molar-refractivity contribution is 0.125. The maximum atomic E-state index is 9.29. The zero-order chi connectivity index (χ0) is 12.8. The van der Waals surface area contributed by atoms with Crippen molar-refractivity contribution in [3.63, 3.8) is 0 Å². The van der Waals surface area contributed by atoms with Crippen molar-refractivity contribution in [3.8, 4) is 16.9 Å². The summed E-state index contributed by atoms with van der Waals surface area (Å²) in [5.41, 5.74) is 2.31. The second-order valence-corrected chi connectivity index (χ2v) is 4.32. The van der Waals surface area contributed by atoms with Crippen LogP contribution in [0.2, 0.25) is 0 Å². The van der Waals surface area contributed by atoms with Gasteiger partial charge in [-0.1, -0.05) is 42.5 Å². The maximum absolute atomic E-state index is 9.29. The van der Waals surface area contributed by atoms with Crippen molar-refractivity contribution in [3.05, 3.63) is 54.6 Å². The van der Waals surface area contributed by atoms with Gasteiger partial charge in [0.1, 0.15) is 18.5 Å². The summed E-state index contributed by atoms with van der Waals surface area (Å²) in [7, 11) is 0. The molecule has 0 amide bonds. The number of benzene rings is 2. The monoisotopic (exact) mass is 262 g/mol. The Morgan fingerprint density at radius 1 is 0.944 bits per heavy atom. The van der Waals surface area contributed by atoms with Crippen LogP contribution < -0.4 is 4.74 Å². The summed E-state index contributed by atoms with van der Waals surface area (Å²) in [4.78, 5) is 0. The average molecular weight is 263 g/mol. The molecule has 0 saturated carbocycles. The van der Waals surface area contributed by atoms with Crippen molar-refractivity contribution >= 4 is 11.6 Å². The van der Waals surface area contributed by atoms with E-state index in [2.05, 4.69) is 12.1 Å². The molecule has 2 nitrogen and oxygen atoms in total. The van der Waals surface area contributed by atoms with Gasteiger partial charge in [-0.25, -0.2) is 0 Å². The molecule has 2 aromatic rings. The van der Waals surface area contributed by atoms with Crippen LogP contribution in [0.4, 0.5) is 0 Å². The fourth-order valence-electron chi connectivity index (χ4n) is 1.61. The topological polar surface area (TPSA) is 29.5 Å². The van der Waals surface area contributed by atoms with Crippen molar-refractivity contribution in [1.29, 1.82) is 0 Å². The van der Waals surface area contributed by atoms with Crippen molar-refractivity contribution < 1.29 is 9.84 Å². The van der Waals surface area contributed by atoms with Gasteiger partial charge < -0.3 is 9.84 Å². The summed E-state index contributed by atoms with van der Waals surface area (Å²) >= 11 is 5.49. The first-order chi connectivity index (χ1) is 8.79. The smallest absolute Gasteiger partial charge is 0.119 e. The molecular weight excluding hydrogens is 248 g/mol. The lowest BCUT2D eigenvalue weighted by Crippen LogP contribution is -2.18. The van der Waals surface area contributed by atoms with E-state index in [9.17, 15) is 5.11 Å². The van der Waals surface area contributed by atoms with Crippen LogP contribution in [0, 0.1) is 0 Å². The number of aliphatic hydroxyl groups is 1. The Balaban J connectivity index is 2.02. The fraction of sp³-hybridized carbons (Fsp3) is 0.200. The van der Waals surface area contributed by atoms with Crippen molar-refractivity contribution in [2.75, 3.05) is 12.5 Å². The molecule has 2 rings (SSSR count). The van der Waals surface area contributed by atoms with E-state index < -0.39 is 6.10 Å². The quantitative estimate of drug-likeness (QED) is 0.838. The molecule has 0 bridgehead atoms. The van der Waals surface area contributed by atoms with Gasteiger partial charge in [-0.3, -0.25) is 0 Å². The summed E-state index contributed by atoms with van der Waals surface area (Å²) in [6.45, 7) is 0.216. The Kier molecular flexibility index (Phi) is 4.62. The highest BCUT2D eigenvalue weighted by atomic mass is 35.5. The molecule has 0 aliphatic rings. The van der Waals surface area contributed by atoms with Crippen LogP contribution in [0.5, 0.6) is 5.75 Å². The third kappa shape index (κ3) is 3.49. The molecule has 0 aromatic heterocycles.